The summed E-state index contributed by atoms with van der Waals surface area (Å²) in [5.74, 6) is 0.921. The highest BCUT2D eigenvalue weighted by Gasteiger charge is 2.43. The molecule has 0 saturated heterocycles. The third-order valence-electron chi connectivity index (χ3n) is 3.65. The Kier molecular flexibility index (Phi) is 3.59. The van der Waals surface area contributed by atoms with Crippen LogP contribution in [0.3, 0.4) is 0 Å². The summed E-state index contributed by atoms with van der Waals surface area (Å²) in [5.41, 5.74) is 1.24. The molecule has 2 saturated carbocycles. The monoisotopic (exact) mass is 220 g/mol. The number of rotatable bonds is 5. The molecule has 16 heavy (non-hydrogen) atoms. The molecule has 2 fully saturated rings. The van der Waals surface area contributed by atoms with Gasteiger partial charge in [-0.15, -0.1) is 6.58 Å². The largest absolute Gasteiger partial charge is 0.373 e. The fourth-order valence-electron chi connectivity index (χ4n) is 2.62. The molecule has 0 heterocycles. The van der Waals surface area contributed by atoms with Crippen LogP contribution in [0.1, 0.15) is 32.1 Å². The van der Waals surface area contributed by atoms with E-state index in [1.807, 2.05) is 0 Å². The van der Waals surface area contributed by atoms with Gasteiger partial charge in [-0.25, -0.2) is 0 Å². The van der Waals surface area contributed by atoms with Crippen molar-refractivity contribution in [2.75, 3.05) is 6.61 Å². The van der Waals surface area contributed by atoms with Gasteiger partial charge in [0.15, 0.2) is 0 Å². The molecule has 0 bridgehead atoms. The summed E-state index contributed by atoms with van der Waals surface area (Å²) in [6.45, 7) is 8.18. The van der Waals surface area contributed by atoms with Crippen molar-refractivity contribution in [2.24, 2.45) is 11.8 Å². The lowest BCUT2D eigenvalue weighted by atomic mass is 9.82. The molecular formula is C14H20O2. The maximum atomic E-state index is 11.9. The van der Waals surface area contributed by atoms with Gasteiger partial charge in [0.25, 0.3) is 0 Å². The van der Waals surface area contributed by atoms with E-state index in [1.165, 1.54) is 5.57 Å². The average Bonchev–Trinajstić information content (AvgIpc) is 2.99. The number of ketones is 1. The molecule has 0 spiro atoms. The van der Waals surface area contributed by atoms with Crippen molar-refractivity contribution >= 4 is 5.78 Å². The van der Waals surface area contributed by atoms with Crippen LogP contribution < -0.4 is 0 Å². The van der Waals surface area contributed by atoms with E-state index < -0.39 is 0 Å². The molecule has 2 heteroatoms. The Morgan fingerprint density at radius 3 is 2.75 bits per heavy atom. The molecule has 0 aromatic carbocycles. The van der Waals surface area contributed by atoms with Crippen LogP contribution >= 0.6 is 0 Å². The van der Waals surface area contributed by atoms with E-state index in [9.17, 15) is 4.79 Å². The zero-order chi connectivity index (χ0) is 11.5. The number of carbonyl (C=O) groups excluding carboxylic acids is 1. The molecule has 0 aromatic rings. The Labute approximate surface area is 97.4 Å². The molecule has 3 atom stereocenters. The Bertz CT molecular complexity index is 306. The van der Waals surface area contributed by atoms with Gasteiger partial charge in [-0.2, -0.15) is 0 Å². The molecule has 88 valence electrons. The second-order valence-corrected chi connectivity index (χ2v) is 4.87. The summed E-state index contributed by atoms with van der Waals surface area (Å²) in [7, 11) is 0. The van der Waals surface area contributed by atoms with Gasteiger partial charge in [-0.05, 0) is 19.3 Å². The third kappa shape index (κ3) is 2.43. The topological polar surface area (TPSA) is 26.3 Å². The van der Waals surface area contributed by atoms with Crippen molar-refractivity contribution in [1.82, 2.24) is 0 Å². The van der Waals surface area contributed by atoms with Crippen molar-refractivity contribution in [1.29, 1.82) is 0 Å². The van der Waals surface area contributed by atoms with E-state index in [0.717, 1.165) is 32.1 Å². The lowest BCUT2D eigenvalue weighted by Crippen LogP contribution is -2.34. The first kappa shape index (κ1) is 11.6. The number of carbonyl (C=O) groups is 1. The van der Waals surface area contributed by atoms with Crippen molar-refractivity contribution < 1.29 is 9.53 Å². The quantitative estimate of drug-likeness (QED) is 0.666. The zero-order valence-corrected chi connectivity index (χ0v) is 9.78. The van der Waals surface area contributed by atoms with Gasteiger partial charge in [0.2, 0.25) is 0 Å². The fraction of sp³-hybridized carbons (Fsp3) is 0.643. The van der Waals surface area contributed by atoms with Gasteiger partial charge >= 0.3 is 0 Å². The van der Waals surface area contributed by atoms with E-state index in [4.69, 9.17) is 4.74 Å². The number of Topliss-reactive ketones (excluding diaryl/α,β-unsaturated/α-hetero) is 1. The normalized spacial score (nSPS) is 31.2. The molecule has 0 radical (unpaired) electrons. The first-order valence-corrected chi connectivity index (χ1v) is 6.17. The SMILES string of the molecule is C=CCO[C@H]([C@@H]1CC1=C)[C@@H]1CCCCC1=O. The molecule has 0 N–H and O–H groups in total. The highest BCUT2D eigenvalue weighted by Crippen LogP contribution is 2.44. The highest BCUT2D eigenvalue weighted by molar-refractivity contribution is 5.82. The lowest BCUT2D eigenvalue weighted by Gasteiger charge is -2.28. The van der Waals surface area contributed by atoms with Crippen LogP contribution in [0.25, 0.3) is 0 Å². The number of hydrogen-bond donors (Lipinski definition) is 0. The molecule has 2 nitrogen and oxygen atoms in total. The first-order chi connectivity index (χ1) is 7.74. The second kappa shape index (κ2) is 4.96. The predicted molar refractivity (Wildman–Crippen MR) is 64.1 cm³/mol. The van der Waals surface area contributed by atoms with Crippen LogP contribution in [0.2, 0.25) is 0 Å². The Balaban J connectivity index is 2.01. The smallest absolute Gasteiger partial charge is 0.138 e. The summed E-state index contributed by atoms with van der Waals surface area (Å²) in [6, 6.07) is 0. The minimum Gasteiger partial charge on any atom is -0.373 e. The summed E-state index contributed by atoms with van der Waals surface area (Å²) >= 11 is 0. The van der Waals surface area contributed by atoms with Crippen LogP contribution in [0.15, 0.2) is 24.8 Å². The van der Waals surface area contributed by atoms with Crippen LogP contribution in [-0.4, -0.2) is 18.5 Å². The van der Waals surface area contributed by atoms with E-state index >= 15 is 0 Å². The van der Waals surface area contributed by atoms with Crippen molar-refractivity contribution in [3.05, 3.63) is 24.8 Å². The van der Waals surface area contributed by atoms with Gasteiger partial charge in [-0.3, -0.25) is 4.79 Å². The molecule has 2 aliphatic rings. The summed E-state index contributed by atoms with van der Waals surface area (Å²) < 4.78 is 5.80. The van der Waals surface area contributed by atoms with E-state index in [-0.39, 0.29) is 12.0 Å². The number of ether oxygens (including phenoxy) is 1. The van der Waals surface area contributed by atoms with E-state index in [2.05, 4.69) is 13.2 Å². The summed E-state index contributed by atoms with van der Waals surface area (Å²) in [4.78, 5) is 11.9. The van der Waals surface area contributed by atoms with Gasteiger partial charge in [0, 0.05) is 18.3 Å². The third-order valence-corrected chi connectivity index (χ3v) is 3.65. The molecule has 0 unspecified atom stereocenters. The van der Waals surface area contributed by atoms with Crippen molar-refractivity contribution in [2.45, 2.75) is 38.2 Å². The van der Waals surface area contributed by atoms with Crippen LogP contribution in [0.5, 0.6) is 0 Å². The van der Waals surface area contributed by atoms with E-state index in [1.54, 1.807) is 6.08 Å². The van der Waals surface area contributed by atoms with Gasteiger partial charge < -0.3 is 4.74 Å². The average molecular weight is 220 g/mol. The van der Waals surface area contributed by atoms with Crippen molar-refractivity contribution in [3.63, 3.8) is 0 Å². The van der Waals surface area contributed by atoms with Gasteiger partial charge in [0.05, 0.1) is 12.7 Å². The maximum Gasteiger partial charge on any atom is 0.138 e. The Morgan fingerprint density at radius 2 is 2.19 bits per heavy atom. The lowest BCUT2D eigenvalue weighted by molar-refractivity contribution is -0.130. The second-order valence-electron chi connectivity index (χ2n) is 4.87. The van der Waals surface area contributed by atoms with Crippen LogP contribution in [0, 0.1) is 11.8 Å². The minimum atomic E-state index is 0.0679. The predicted octanol–water partition coefficient (Wildman–Crippen LogP) is 2.89. The molecule has 0 aliphatic heterocycles. The Hall–Kier alpha value is -0.890. The minimum absolute atomic E-state index is 0.0679. The molecule has 2 rings (SSSR count). The van der Waals surface area contributed by atoms with Gasteiger partial charge in [0.1, 0.15) is 5.78 Å². The zero-order valence-electron chi connectivity index (χ0n) is 9.78. The summed E-state index contributed by atoms with van der Waals surface area (Å²) in [6.07, 6.45) is 6.79. The molecular weight excluding hydrogens is 200 g/mol. The summed E-state index contributed by atoms with van der Waals surface area (Å²) in [5, 5.41) is 0. The fourth-order valence-corrected chi connectivity index (χ4v) is 2.62. The Morgan fingerprint density at radius 1 is 1.44 bits per heavy atom. The van der Waals surface area contributed by atoms with Crippen LogP contribution in [0.4, 0.5) is 0 Å². The molecule has 2 aliphatic carbocycles. The standard InChI is InChI=1S/C14H20O2/c1-3-8-16-14(12-9-10(12)2)11-6-4-5-7-13(11)15/h3,11-12,14H,1-2,4-9H2/t11-,12-,14+/m1/s1. The first-order valence-electron chi connectivity index (χ1n) is 6.17. The number of hydrogen-bond acceptors (Lipinski definition) is 2. The highest BCUT2D eigenvalue weighted by atomic mass is 16.5. The van der Waals surface area contributed by atoms with Crippen LogP contribution in [-0.2, 0) is 9.53 Å². The van der Waals surface area contributed by atoms with Crippen molar-refractivity contribution in [3.8, 4) is 0 Å². The maximum absolute atomic E-state index is 11.9. The van der Waals surface area contributed by atoms with Gasteiger partial charge in [-0.1, -0.05) is 24.6 Å². The molecule has 0 aromatic heterocycles. The molecule has 0 amide bonds. The van der Waals surface area contributed by atoms with E-state index in [0.29, 0.717) is 18.3 Å².